The zero-order valence-corrected chi connectivity index (χ0v) is 16.6. The van der Waals surface area contributed by atoms with E-state index in [1.165, 1.54) is 40.5 Å². The van der Waals surface area contributed by atoms with Crippen molar-refractivity contribution in [2.75, 3.05) is 25.9 Å². The molecular formula is C19H20FN5O2S. The van der Waals surface area contributed by atoms with Crippen LogP contribution < -0.4 is 11.1 Å². The highest BCUT2D eigenvalue weighted by atomic mass is 32.1. The molecule has 0 spiro atoms. The summed E-state index contributed by atoms with van der Waals surface area (Å²) in [5.74, 6) is -0.973. The Kier molecular flexibility index (Phi) is 5.55. The monoisotopic (exact) mass is 401 g/mol. The molecule has 28 heavy (non-hydrogen) atoms. The van der Waals surface area contributed by atoms with Gasteiger partial charge in [0.15, 0.2) is 0 Å². The quantitative estimate of drug-likeness (QED) is 0.684. The fourth-order valence-corrected chi connectivity index (χ4v) is 3.76. The molecule has 7 nitrogen and oxygen atoms in total. The Labute approximate surface area is 165 Å². The number of aromatic nitrogens is 2. The van der Waals surface area contributed by atoms with Gasteiger partial charge in [-0.05, 0) is 43.7 Å². The van der Waals surface area contributed by atoms with Crippen LogP contribution in [0.15, 0.2) is 24.3 Å². The topological polar surface area (TPSA) is 101 Å². The van der Waals surface area contributed by atoms with Crippen LogP contribution in [0.2, 0.25) is 0 Å². The highest BCUT2D eigenvalue weighted by Crippen LogP contribution is 2.34. The van der Waals surface area contributed by atoms with Crippen LogP contribution in [0.25, 0.3) is 10.2 Å². The van der Waals surface area contributed by atoms with Crippen molar-refractivity contribution in [3.8, 4) is 0 Å². The Balaban J connectivity index is 1.63. The molecule has 2 aromatic heterocycles. The molecule has 0 aliphatic carbocycles. The fourth-order valence-electron chi connectivity index (χ4n) is 2.74. The molecule has 0 atom stereocenters. The number of nitrogens with one attached hydrogen (secondary N) is 1. The number of benzene rings is 1. The molecule has 0 unspecified atom stereocenters. The van der Waals surface area contributed by atoms with E-state index in [1.807, 2.05) is 13.8 Å². The van der Waals surface area contributed by atoms with Crippen LogP contribution in [0.5, 0.6) is 0 Å². The van der Waals surface area contributed by atoms with Crippen LogP contribution in [-0.2, 0) is 0 Å². The number of anilines is 1. The second-order valence-corrected chi connectivity index (χ2v) is 7.42. The third kappa shape index (κ3) is 3.79. The van der Waals surface area contributed by atoms with Gasteiger partial charge in [-0.1, -0.05) is 0 Å². The zero-order valence-electron chi connectivity index (χ0n) is 15.7. The first kappa shape index (κ1) is 19.7. The van der Waals surface area contributed by atoms with Crippen LogP contribution in [0.3, 0.4) is 0 Å². The van der Waals surface area contributed by atoms with Gasteiger partial charge in [-0.25, -0.2) is 4.39 Å². The van der Waals surface area contributed by atoms with Crippen LogP contribution in [0.4, 0.5) is 10.1 Å². The number of aryl methyl sites for hydroxylation is 2. The minimum Gasteiger partial charge on any atom is -0.397 e. The Hall–Kier alpha value is -3.07. The maximum atomic E-state index is 13.0. The number of carbonyl (C=O) groups excluding carboxylic acids is 2. The predicted octanol–water partition coefficient (Wildman–Crippen LogP) is 2.53. The Morgan fingerprint density at radius 1 is 1.21 bits per heavy atom. The highest BCUT2D eigenvalue weighted by Gasteiger charge is 2.20. The summed E-state index contributed by atoms with van der Waals surface area (Å²) in [5.41, 5.74) is 8.61. The number of carbonyl (C=O) groups is 2. The highest BCUT2D eigenvalue weighted by molar-refractivity contribution is 7.21. The van der Waals surface area contributed by atoms with Gasteiger partial charge in [-0.2, -0.15) is 5.10 Å². The number of halogens is 1. The number of likely N-dealkylation sites (N-methyl/N-ethyl adjacent to an activating group) is 1. The van der Waals surface area contributed by atoms with Gasteiger partial charge < -0.3 is 16.0 Å². The minimum absolute atomic E-state index is 0.250. The summed E-state index contributed by atoms with van der Waals surface area (Å²) in [7, 11) is 1.62. The van der Waals surface area contributed by atoms with Gasteiger partial charge in [0.05, 0.1) is 11.4 Å². The second-order valence-electron chi connectivity index (χ2n) is 6.42. The molecule has 0 aliphatic rings. The number of rotatable bonds is 5. The van der Waals surface area contributed by atoms with Crippen molar-refractivity contribution in [2.24, 2.45) is 0 Å². The van der Waals surface area contributed by atoms with Gasteiger partial charge in [-0.3, -0.25) is 9.59 Å². The molecule has 9 heteroatoms. The first-order valence-corrected chi connectivity index (χ1v) is 9.42. The zero-order chi connectivity index (χ0) is 20.4. The number of nitrogen functional groups attached to an aromatic ring is 1. The van der Waals surface area contributed by atoms with E-state index in [-0.39, 0.29) is 18.4 Å². The number of hydrogen-bond donors (Lipinski definition) is 2. The second kappa shape index (κ2) is 7.89. The number of thiophene rings is 1. The number of nitrogens with two attached hydrogens (primary N) is 1. The maximum absolute atomic E-state index is 13.0. The summed E-state index contributed by atoms with van der Waals surface area (Å²) >= 11 is 1.19. The van der Waals surface area contributed by atoms with Crippen molar-refractivity contribution in [2.45, 2.75) is 13.8 Å². The maximum Gasteiger partial charge on any atom is 0.263 e. The molecule has 2 heterocycles. The fraction of sp³-hybridized carbons (Fsp3) is 0.263. The first-order chi connectivity index (χ1) is 13.3. The molecule has 3 aromatic rings. The molecule has 0 aliphatic heterocycles. The lowest BCUT2D eigenvalue weighted by Gasteiger charge is -2.17. The molecule has 146 valence electrons. The minimum atomic E-state index is -0.400. The summed E-state index contributed by atoms with van der Waals surface area (Å²) in [5, 5.41) is 11.7. The first-order valence-electron chi connectivity index (χ1n) is 8.60. The Bertz CT molecular complexity index is 1050. The van der Waals surface area contributed by atoms with Crippen LogP contribution >= 0.6 is 11.3 Å². The summed E-state index contributed by atoms with van der Waals surface area (Å²) in [6.45, 7) is 4.28. The molecular weight excluding hydrogens is 381 g/mol. The number of hydrogen-bond acceptors (Lipinski definition) is 6. The standard InChI is InChI=1S/C19H20FN5O2S/c1-10-11(2)23-24-18-14(10)15(21)16(28-18)17(26)22-8-9-25(3)19(27)12-4-6-13(20)7-5-12/h4-7H,8-9,21H2,1-3H3,(H,22,26). The van der Waals surface area contributed by atoms with E-state index < -0.39 is 5.82 Å². The van der Waals surface area contributed by atoms with E-state index >= 15 is 0 Å². The molecule has 3 N–H and O–H groups in total. The van der Waals surface area contributed by atoms with Crippen molar-refractivity contribution >= 4 is 39.1 Å². The lowest BCUT2D eigenvalue weighted by molar-refractivity contribution is 0.0787. The molecule has 0 saturated carbocycles. The van der Waals surface area contributed by atoms with Gasteiger partial charge in [0.1, 0.15) is 15.5 Å². The van der Waals surface area contributed by atoms with Crippen LogP contribution in [0, 0.1) is 19.7 Å². The normalized spacial score (nSPS) is 10.9. The van der Waals surface area contributed by atoms with Gasteiger partial charge >= 0.3 is 0 Å². The van der Waals surface area contributed by atoms with Gasteiger partial charge in [0.2, 0.25) is 0 Å². The molecule has 0 bridgehead atoms. The van der Waals surface area contributed by atoms with Crippen molar-refractivity contribution in [1.29, 1.82) is 0 Å². The summed E-state index contributed by atoms with van der Waals surface area (Å²) < 4.78 is 13.0. The molecule has 2 amide bonds. The van der Waals surface area contributed by atoms with Crippen molar-refractivity contribution in [3.05, 3.63) is 51.8 Å². The van der Waals surface area contributed by atoms with E-state index in [9.17, 15) is 14.0 Å². The molecule has 3 rings (SSSR count). The van der Waals surface area contributed by atoms with E-state index in [0.717, 1.165) is 16.6 Å². The van der Waals surface area contributed by atoms with Gasteiger partial charge in [0.25, 0.3) is 11.8 Å². The van der Waals surface area contributed by atoms with Gasteiger partial charge in [-0.15, -0.1) is 16.4 Å². The van der Waals surface area contributed by atoms with Crippen LogP contribution in [-0.4, -0.2) is 47.0 Å². The lowest BCUT2D eigenvalue weighted by Crippen LogP contribution is -2.36. The average molecular weight is 401 g/mol. The third-order valence-electron chi connectivity index (χ3n) is 4.51. The average Bonchev–Trinajstić information content (AvgIpc) is 3.02. The van der Waals surface area contributed by atoms with Crippen molar-refractivity contribution in [3.63, 3.8) is 0 Å². The summed E-state index contributed by atoms with van der Waals surface area (Å²) in [6, 6.07) is 5.32. The number of amides is 2. The largest absolute Gasteiger partial charge is 0.397 e. The van der Waals surface area contributed by atoms with E-state index in [4.69, 9.17) is 5.73 Å². The Morgan fingerprint density at radius 3 is 2.57 bits per heavy atom. The molecule has 1 aromatic carbocycles. The van der Waals surface area contributed by atoms with Crippen LogP contribution in [0.1, 0.15) is 31.3 Å². The van der Waals surface area contributed by atoms with Gasteiger partial charge in [0, 0.05) is 31.1 Å². The Morgan fingerprint density at radius 2 is 1.89 bits per heavy atom. The molecule has 0 fully saturated rings. The smallest absolute Gasteiger partial charge is 0.263 e. The van der Waals surface area contributed by atoms with E-state index in [0.29, 0.717) is 27.5 Å². The molecule has 0 saturated heterocycles. The molecule has 0 radical (unpaired) electrons. The number of nitrogens with zero attached hydrogens (tertiary/aromatic N) is 3. The lowest BCUT2D eigenvalue weighted by atomic mass is 10.1. The van der Waals surface area contributed by atoms with Crippen molar-refractivity contribution < 1.29 is 14.0 Å². The summed E-state index contributed by atoms with van der Waals surface area (Å²) in [4.78, 5) is 27.3. The third-order valence-corrected chi connectivity index (χ3v) is 5.60. The van der Waals surface area contributed by atoms with Crippen molar-refractivity contribution in [1.82, 2.24) is 20.4 Å². The summed E-state index contributed by atoms with van der Waals surface area (Å²) in [6.07, 6.45) is 0. The number of fused-ring (bicyclic) bond motifs is 1. The van der Waals surface area contributed by atoms with E-state index in [2.05, 4.69) is 15.5 Å². The SMILES string of the molecule is Cc1nnc2sc(C(=O)NCCN(C)C(=O)c3ccc(F)cc3)c(N)c2c1C. The predicted molar refractivity (Wildman–Crippen MR) is 107 cm³/mol. The van der Waals surface area contributed by atoms with E-state index in [1.54, 1.807) is 7.05 Å².